The lowest BCUT2D eigenvalue weighted by Crippen LogP contribution is -2.19. The molecule has 0 spiro atoms. The Hall–Kier alpha value is -1.57. The summed E-state index contributed by atoms with van der Waals surface area (Å²) in [6, 6.07) is 7.73. The molecule has 66 valence electrons. The van der Waals surface area contributed by atoms with Gasteiger partial charge in [-0.25, -0.2) is 0 Å². The zero-order valence-corrected chi connectivity index (χ0v) is 7.36. The fourth-order valence-corrected chi connectivity index (χ4v) is 1.48. The predicted octanol–water partition coefficient (Wildman–Crippen LogP) is 2.05. The van der Waals surface area contributed by atoms with Gasteiger partial charge in [-0.1, -0.05) is 18.2 Å². The number of benzene rings is 1. The van der Waals surface area contributed by atoms with Crippen molar-refractivity contribution in [2.24, 2.45) is 0 Å². The molecule has 0 aliphatic carbocycles. The van der Waals surface area contributed by atoms with Gasteiger partial charge in [-0.05, 0) is 24.6 Å². The van der Waals surface area contributed by atoms with Gasteiger partial charge >= 0.3 is 0 Å². The largest absolute Gasteiger partial charge is 0.478 e. The zero-order chi connectivity index (χ0) is 9.26. The highest BCUT2D eigenvalue weighted by molar-refractivity contribution is 5.76. The van der Waals surface area contributed by atoms with E-state index in [1.54, 1.807) is 0 Å². The molecule has 0 aromatic heterocycles. The molecule has 1 aromatic rings. The predicted molar refractivity (Wildman–Crippen MR) is 50.6 cm³/mol. The van der Waals surface area contributed by atoms with E-state index in [-0.39, 0.29) is 0 Å². The smallest absolute Gasteiger partial charge is 0.172 e. The SMILES string of the molecule is CC1=CC(C=O)Oc2ccccc21. The van der Waals surface area contributed by atoms with Gasteiger partial charge < -0.3 is 4.74 Å². The third kappa shape index (κ3) is 1.35. The first-order valence-corrected chi connectivity index (χ1v) is 4.21. The summed E-state index contributed by atoms with van der Waals surface area (Å²) in [4.78, 5) is 10.5. The first kappa shape index (κ1) is 8.05. The molecule has 2 rings (SSSR count). The van der Waals surface area contributed by atoms with E-state index >= 15 is 0 Å². The number of carbonyl (C=O) groups excluding carboxylic acids is 1. The summed E-state index contributed by atoms with van der Waals surface area (Å²) in [7, 11) is 0. The van der Waals surface area contributed by atoms with E-state index in [0.717, 1.165) is 23.2 Å². The highest BCUT2D eigenvalue weighted by Gasteiger charge is 2.16. The van der Waals surface area contributed by atoms with Gasteiger partial charge in [-0.3, -0.25) is 4.79 Å². The number of allylic oxidation sites excluding steroid dienone is 1. The number of aldehydes is 1. The van der Waals surface area contributed by atoms with E-state index in [4.69, 9.17) is 4.74 Å². The number of hydrogen-bond donors (Lipinski definition) is 0. The summed E-state index contributed by atoms with van der Waals surface area (Å²) in [5.74, 6) is 0.791. The van der Waals surface area contributed by atoms with Gasteiger partial charge in [0.1, 0.15) is 5.75 Å². The van der Waals surface area contributed by atoms with Crippen LogP contribution in [-0.2, 0) is 4.79 Å². The Morgan fingerprint density at radius 2 is 2.15 bits per heavy atom. The lowest BCUT2D eigenvalue weighted by molar-refractivity contribution is -0.112. The van der Waals surface area contributed by atoms with Gasteiger partial charge in [0.15, 0.2) is 12.4 Å². The average Bonchev–Trinajstić information content (AvgIpc) is 2.18. The van der Waals surface area contributed by atoms with Crippen LogP contribution in [0, 0.1) is 0 Å². The lowest BCUT2D eigenvalue weighted by atomic mass is 10.0. The fraction of sp³-hybridized carbons (Fsp3) is 0.182. The molecule has 1 atom stereocenters. The zero-order valence-electron chi connectivity index (χ0n) is 7.36. The van der Waals surface area contributed by atoms with Crippen molar-refractivity contribution in [3.8, 4) is 5.75 Å². The van der Waals surface area contributed by atoms with Crippen molar-refractivity contribution < 1.29 is 9.53 Å². The normalized spacial score (nSPS) is 19.8. The molecule has 0 fully saturated rings. The molecule has 0 bridgehead atoms. The number of hydrogen-bond acceptors (Lipinski definition) is 2. The molecule has 0 amide bonds. The number of ether oxygens (including phenoxy) is 1. The summed E-state index contributed by atoms with van der Waals surface area (Å²) in [6.07, 6.45) is 2.21. The second kappa shape index (κ2) is 3.05. The molecular weight excluding hydrogens is 164 g/mol. The molecule has 2 heteroatoms. The Bertz CT molecular complexity index is 366. The number of rotatable bonds is 1. The molecule has 1 aliphatic rings. The van der Waals surface area contributed by atoms with E-state index in [1.165, 1.54) is 0 Å². The molecule has 0 saturated carbocycles. The van der Waals surface area contributed by atoms with Gasteiger partial charge in [0.2, 0.25) is 0 Å². The molecule has 1 heterocycles. The van der Waals surface area contributed by atoms with E-state index in [0.29, 0.717) is 0 Å². The van der Waals surface area contributed by atoms with Gasteiger partial charge in [0.25, 0.3) is 0 Å². The van der Waals surface area contributed by atoms with Crippen LogP contribution in [0.5, 0.6) is 5.75 Å². The van der Waals surface area contributed by atoms with Crippen LogP contribution in [-0.4, -0.2) is 12.4 Å². The molecule has 1 unspecified atom stereocenters. The molecule has 1 aliphatic heterocycles. The average molecular weight is 174 g/mol. The van der Waals surface area contributed by atoms with Crippen LogP contribution in [0.15, 0.2) is 30.3 Å². The maximum atomic E-state index is 10.5. The monoisotopic (exact) mass is 174 g/mol. The summed E-state index contributed by atoms with van der Waals surface area (Å²) in [5.41, 5.74) is 2.17. The Morgan fingerprint density at radius 1 is 1.38 bits per heavy atom. The molecule has 2 nitrogen and oxygen atoms in total. The molecular formula is C11H10O2. The van der Waals surface area contributed by atoms with Crippen LogP contribution in [0.3, 0.4) is 0 Å². The first-order valence-electron chi connectivity index (χ1n) is 4.21. The van der Waals surface area contributed by atoms with E-state index < -0.39 is 6.10 Å². The third-order valence-electron chi connectivity index (χ3n) is 2.12. The van der Waals surface area contributed by atoms with Crippen LogP contribution >= 0.6 is 0 Å². The summed E-state index contributed by atoms with van der Waals surface area (Å²) >= 11 is 0. The Kier molecular flexibility index (Phi) is 1.89. The number of para-hydroxylation sites is 1. The number of carbonyl (C=O) groups is 1. The van der Waals surface area contributed by atoms with Crippen molar-refractivity contribution in [3.05, 3.63) is 35.9 Å². The summed E-state index contributed by atoms with van der Waals surface area (Å²) in [6.45, 7) is 1.98. The second-order valence-corrected chi connectivity index (χ2v) is 3.06. The van der Waals surface area contributed by atoms with Crippen molar-refractivity contribution in [2.75, 3.05) is 0 Å². The molecule has 0 saturated heterocycles. The van der Waals surface area contributed by atoms with Crippen molar-refractivity contribution in [1.29, 1.82) is 0 Å². The number of fused-ring (bicyclic) bond motifs is 1. The minimum Gasteiger partial charge on any atom is -0.478 e. The fourth-order valence-electron chi connectivity index (χ4n) is 1.48. The lowest BCUT2D eigenvalue weighted by Gasteiger charge is -2.20. The van der Waals surface area contributed by atoms with Crippen molar-refractivity contribution in [3.63, 3.8) is 0 Å². The van der Waals surface area contributed by atoms with Crippen LogP contribution in [0.2, 0.25) is 0 Å². The van der Waals surface area contributed by atoms with E-state index in [2.05, 4.69) is 0 Å². The Balaban J connectivity index is 2.48. The maximum absolute atomic E-state index is 10.5. The van der Waals surface area contributed by atoms with Crippen molar-refractivity contribution >= 4 is 11.9 Å². The van der Waals surface area contributed by atoms with Crippen molar-refractivity contribution in [2.45, 2.75) is 13.0 Å². The molecule has 13 heavy (non-hydrogen) atoms. The topological polar surface area (TPSA) is 26.3 Å². The van der Waals surface area contributed by atoms with Crippen LogP contribution < -0.4 is 4.74 Å². The highest BCUT2D eigenvalue weighted by atomic mass is 16.5. The van der Waals surface area contributed by atoms with Crippen LogP contribution in [0.25, 0.3) is 5.57 Å². The minimum atomic E-state index is -0.421. The third-order valence-corrected chi connectivity index (χ3v) is 2.12. The van der Waals surface area contributed by atoms with Gasteiger partial charge in [-0.2, -0.15) is 0 Å². The summed E-state index contributed by atoms with van der Waals surface area (Å²) in [5, 5.41) is 0. The van der Waals surface area contributed by atoms with Crippen molar-refractivity contribution in [1.82, 2.24) is 0 Å². The summed E-state index contributed by atoms with van der Waals surface area (Å²) < 4.78 is 5.41. The quantitative estimate of drug-likeness (QED) is 0.609. The maximum Gasteiger partial charge on any atom is 0.172 e. The Morgan fingerprint density at radius 3 is 2.92 bits per heavy atom. The van der Waals surface area contributed by atoms with E-state index in [1.807, 2.05) is 37.3 Å². The van der Waals surface area contributed by atoms with Crippen LogP contribution in [0.4, 0.5) is 0 Å². The molecule has 0 N–H and O–H groups in total. The Labute approximate surface area is 76.8 Å². The standard InChI is InChI=1S/C11H10O2/c1-8-6-9(7-12)13-11-5-3-2-4-10(8)11/h2-7,9H,1H3. The minimum absolute atomic E-state index is 0.421. The molecule has 1 aromatic carbocycles. The first-order chi connectivity index (χ1) is 6.31. The highest BCUT2D eigenvalue weighted by Crippen LogP contribution is 2.30. The van der Waals surface area contributed by atoms with Gasteiger partial charge in [-0.15, -0.1) is 0 Å². The van der Waals surface area contributed by atoms with Crippen LogP contribution in [0.1, 0.15) is 12.5 Å². The van der Waals surface area contributed by atoms with Gasteiger partial charge in [0, 0.05) is 5.56 Å². The molecule has 0 radical (unpaired) electrons. The second-order valence-electron chi connectivity index (χ2n) is 3.06. The van der Waals surface area contributed by atoms with E-state index in [9.17, 15) is 4.79 Å². The van der Waals surface area contributed by atoms with Gasteiger partial charge in [0.05, 0.1) is 0 Å².